The fourth-order valence-corrected chi connectivity index (χ4v) is 3.14. The molecule has 0 saturated carbocycles. The molecule has 0 aromatic heterocycles. The van der Waals surface area contributed by atoms with Gasteiger partial charge in [-0.1, -0.05) is 43.3 Å². The lowest BCUT2D eigenvalue weighted by atomic mass is 10.0. The number of likely N-dealkylation sites (N-methyl/N-ethyl adjacent to an activating group) is 1. The van der Waals surface area contributed by atoms with Crippen LogP contribution in [-0.2, 0) is 13.0 Å². The molecule has 0 bridgehead atoms. The number of nitrogens with zero attached hydrogens (tertiary/aromatic N) is 1. The molecule has 0 fully saturated rings. The number of hydrogen-bond donors (Lipinski definition) is 1. The number of nitrogens with one attached hydrogen (secondary N) is 1. The van der Waals surface area contributed by atoms with Crippen LogP contribution in [0.5, 0.6) is 5.75 Å². The molecule has 2 aromatic rings. The van der Waals surface area contributed by atoms with Gasteiger partial charge in [-0.25, -0.2) is 0 Å². The van der Waals surface area contributed by atoms with Crippen molar-refractivity contribution in [2.24, 2.45) is 0 Å². The molecule has 2 atom stereocenters. The normalized spacial score (nSPS) is 17.8. The Morgan fingerprint density at radius 1 is 1.17 bits per heavy atom. The Labute approximate surface area is 145 Å². The van der Waals surface area contributed by atoms with E-state index in [-0.39, 0.29) is 0 Å². The van der Waals surface area contributed by atoms with E-state index >= 15 is 0 Å². The minimum atomic E-state index is 0.291. The van der Waals surface area contributed by atoms with Crippen LogP contribution in [0.2, 0.25) is 0 Å². The van der Waals surface area contributed by atoms with Crippen molar-refractivity contribution in [1.29, 1.82) is 0 Å². The maximum Gasteiger partial charge on any atom is 0.142 e. The summed E-state index contributed by atoms with van der Waals surface area (Å²) in [6, 6.07) is 17.7. The van der Waals surface area contributed by atoms with Gasteiger partial charge in [0.1, 0.15) is 11.9 Å². The van der Waals surface area contributed by atoms with Crippen molar-refractivity contribution in [2.75, 3.05) is 18.9 Å². The van der Waals surface area contributed by atoms with Crippen LogP contribution in [0.4, 0.5) is 5.69 Å². The summed E-state index contributed by atoms with van der Waals surface area (Å²) in [7, 11) is 2.20. The predicted octanol–water partition coefficient (Wildman–Crippen LogP) is 4.33. The van der Waals surface area contributed by atoms with Crippen LogP contribution in [0.25, 0.3) is 0 Å². The molecule has 0 saturated heterocycles. The molecule has 3 rings (SSSR count). The highest BCUT2D eigenvalue weighted by Gasteiger charge is 2.18. The first-order chi connectivity index (χ1) is 11.7. The van der Waals surface area contributed by atoms with E-state index in [0.717, 1.165) is 37.4 Å². The van der Waals surface area contributed by atoms with Crippen LogP contribution in [0.3, 0.4) is 0 Å². The van der Waals surface area contributed by atoms with Gasteiger partial charge in [0.05, 0.1) is 12.2 Å². The number of rotatable bonds is 6. The Bertz CT molecular complexity index is 656. The van der Waals surface area contributed by atoms with Crippen molar-refractivity contribution in [1.82, 2.24) is 4.90 Å². The number of benzene rings is 2. The minimum absolute atomic E-state index is 0.291. The van der Waals surface area contributed by atoms with Gasteiger partial charge in [0, 0.05) is 12.6 Å². The Morgan fingerprint density at radius 2 is 1.96 bits per heavy atom. The highest BCUT2D eigenvalue weighted by molar-refractivity contribution is 5.59. The number of anilines is 1. The molecule has 128 valence electrons. The smallest absolute Gasteiger partial charge is 0.142 e. The van der Waals surface area contributed by atoms with E-state index in [1.807, 2.05) is 0 Å². The SMILES string of the molecule is CCC1CNc2cc(CC(C)N(C)Cc3ccccc3)ccc2O1. The van der Waals surface area contributed by atoms with Crippen molar-refractivity contribution < 1.29 is 4.74 Å². The molecule has 1 aliphatic rings. The average Bonchev–Trinajstić information content (AvgIpc) is 2.62. The van der Waals surface area contributed by atoms with E-state index in [1.165, 1.54) is 11.1 Å². The Balaban J connectivity index is 1.61. The molecule has 1 N–H and O–H groups in total. The summed E-state index contributed by atoms with van der Waals surface area (Å²) < 4.78 is 5.99. The summed E-state index contributed by atoms with van der Waals surface area (Å²) in [5, 5.41) is 3.51. The summed E-state index contributed by atoms with van der Waals surface area (Å²) in [5.74, 6) is 0.988. The number of hydrogen-bond acceptors (Lipinski definition) is 3. The van der Waals surface area contributed by atoms with E-state index in [0.29, 0.717) is 12.1 Å². The zero-order valence-corrected chi connectivity index (χ0v) is 15.0. The Morgan fingerprint density at radius 3 is 2.71 bits per heavy atom. The highest BCUT2D eigenvalue weighted by atomic mass is 16.5. The van der Waals surface area contributed by atoms with Crippen LogP contribution < -0.4 is 10.1 Å². The first-order valence-corrected chi connectivity index (χ1v) is 8.93. The average molecular weight is 324 g/mol. The fraction of sp³-hybridized carbons (Fsp3) is 0.429. The summed E-state index contributed by atoms with van der Waals surface area (Å²) in [6.07, 6.45) is 2.37. The summed E-state index contributed by atoms with van der Waals surface area (Å²) in [4.78, 5) is 2.41. The largest absolute Gasteiger partial charge is 0.486 e. The predicted molar refractivity (Wildman–Crippen MR) is 101 cm³/mol. The molecular formula is C21H28N2O. The Kier molecular flexibility index (Phi) is 5.41. The molecule has 1 aliphatic heterocycles. The Hall–Kier alpha value is -2.00. The molecule has 2 aromatic carbocycles. The maximum atomic E-state index is 5.99. The van der Waals surface area contributed by atoms with E-state index in [2.05, 4.69) is 79.6 Å². The molecule has 24 heavy (non-hydrogen) atoms. The summed E-state index contributed by atoms with van der Waals surface area (Å²) in [5.41, 5.74) is 3.85. The standard InChI is InChI=1S/C21H28N2O/c1-4-19-14-22-20-13-18(10-11-21(20)24-19)12-16(2)23(3)15-17-8-6-5-7-9-17/h5-11,13,16,19,22H,4,12,14-15H2,1-3H3. The number of ether oxygens (including phenoxy) is 1. The number of fused-ring (bicyclic) bond motifs is 1. The van der Waals surface area contributed by atoms with Crippen molar-refractivity contribution in [2.45, 2.75) is 45.4 Å². The minimum Gasteiger partial charge on any atom is -0.486 e. The fourth-order valence-electron chi connectivity index (χ4n) is 3.14. The lowest BCUT2D eigenvalue weighted by Crippen LogP contribution is -2.31. The molecule has 1 heterocycles. The zero-order valence-electron chi connectivity index (χ0n) is 15.0. The van der Waals surface area contributed by atoms with Crippen LogP contribution >= 0.6 is 0 Å². The third-order valence-electron chi connectivity index (χ3n) is 4.87. The quantitative estimate of drug-likeness (QED) is 0.856. The molecule has 0 radical (unpaired) electrons. The van der Waals surface area contributed by atoms with Crippen LogP contribution in [-0.4, -0.2) is 30.6 Å². The van der Waals surface area contributed by atoms with Gasteiger partial charge >= 0.3 is 0 Å². The molecule has 3 heteroatoms. The molecular weight excluding hydrogens is 296 g/mol. The van der Waals surface area contributed by atoms with Crippen molar-refractivity contribution in [3.63, 3.8) is 0 Å². The highest BCUT2D eigenvalue weighted by Crippen LogP contribution is 2.31. The topological polar surface area (TPSA) is 24.5 Å². The maximum absolute atomic E-state index is 5.99. The van der Waals surface area contributed by atoms with Crippen LogP contribution in [0.15, 0.2) is 48.5 Å². The monoisotopic (exact) mass is 324 g/mol. The van der Waals surface area contributed by atoms with Gasteiger partial charge in [-0.15, -0.1) is 0 Å². The summed E-state index contributed by atoms with van der Waals surface area (Å²) in [6.45, 7) is 6.33. The molecule has 3 nitrogen and oxygen atoms in total. The van der Waals surface area contributed by atoms with Gasteiger partial charge in [-0.05, 0) is 50.1 Å². The lowest BCUT2D eigenvalue weighted by molar-refractivity contribution is 0.201. The first-order valence-electron chi connectivity index (χ1n) is 8.93. The van der Waals surface area contributed by atoms with Gasteiger partial charge in [0.15, 0.2) is 0 Å². The van der Waals surface area contributed by atoms with E-state index < -0.39 is 0 Å². The third-order valence-corrected chi connectivity index (χ3v) is 4.87. The van der Waals surface area contributed by atoms with E-state index in [4.69, 9.17) is 4.74 Å². The third kappa shape index (κ3) is 4.09. The van der Waals surface area contributed by atoms with E-state index in [9.17, 15) is 0 Å². The second-order valence-electron chi connectivity index (χ2n) is 6.81. The van der Waals surface area contributed by atoms with Crippen molar-refractivity contribution in [3.05, 3.63) is 59.7 Å². The van der Waals surface area contributed by atoms with Gasteiger partial charge in [-0.2, -0.15) is 0 Å². The molecule has 0 spiro atoms. The van der Waals surface area contributed by atoms with Crippen molar-refractivity contribution in [3.8, 4) is 5.75 Å². The second-order valence-corrected chi connectivity index (χ2v) is 6.81. The van der Waals surface area contributed by atoms with Crippen LogP contribution in [0.1, 0.15) is 31.4 Å². The summed E-state index contributed by atoms with van der Waals surface area (Å²) >= 11 is 0. The molecule has 2 unspecified atom stereocenters. The van der Waals surface area contributed by atoms with E-state index in [1.54, 1.807) is 0 Å². The molecule has 0 amide bonds. The van der Waals surface area contributed by atoms with Gasteiger partial charge in [0.25, 0.3) is 0 Å². The lowest BCUT2D eigenvalue weighted by Gasteiger charge is -2.28. The molecule has 0 aliphatic carbocycles. The van der Waals surface area contributed by atoms with Gasteiger partial charge in [-0.3, -0.25) is 4.90 Å². The zero-order chi connectivity index (χ0) is 16.9. The van der Waals surface area contributed by atoms with Crippen LogP contribution in [0, 0.1) is 0 Å². The van der Waals surface area contributed by atoms with Gasteiger partial charge < -0.3 is 10.1 Å². The van der Waals surface area contributed by atoms with Crippen molar-refractivity contribution >= 4 is 5.69 Å². The second kappa shape index (κ2) is 7.71. The van der Waals surface area contributed by atoms with Gasteiger partial charge in [0.2, 0.25) is 0 Å². The first kappa shape index (κ1) is 16.8.